The molecule has 0 bridgehead atoms. The van der Waals surface area contributed by atoms with Crippen LogP contribution in [0.3, 0.4) is 0 Å². The first-order valence-electron chi connectivity index (χ1n) is 11.0. The fourth-order valence-corrected chi connectivity index (χ4v) is 4.66. The fourth-order valence-electron chi connectivity index (χ4n) is 3.80. The summed E-state index contributed by atoms with van der Waals surface area (Å²) >= 11 is 1.60. The molecule has 2 heterocycles. The summed E-state index contributed by atoms with van der Waals surface area (Å²) in [5.41, 5.74) is 2.04. The van der Waals surface area contributed by atoms with Gasteiger partial charge in [-0.05, 0) is 37.1 Å². The molecule has 0 saturated carbocycles. The van der Waals surface area contributed by atoms with Crippen molar-refractivity contribution in [2.24, 2.45) is 0 Å². The summed E-state index contributed by atoms with van der Waals surface area (Å²) in [5.74, 6) is 1.00. The SMILES string of the molecule is COc1ccc(OCC(=O)N2CCCC2C(=O)NCCc2csc(-c3ccccc3)n2)cc1. The smallest absolute Gasteiger partial charge is 0.261 e. The quantitative estimate of drug-likeness (QED) is 0.523. The van der Waals surface area contributed by atoms with Crippen molar-refractivity contribution in [1.29, 1.82) is 0 Å². The molecule has 33 heavy (non-hydrogen) atoms. The molecule has 0 radical (unpaired) electrons. The van der Waals surface area contributed by atoms with Crippen LogP contribution in [-0.2, 0) is 16.0 Å². The number of nitrogens with one attached hydrogen (secondary N) is 1. The van der Waals surface area contributed by atoms with Gasteiger partial charge in [-0.3, -0.25) is 9.59 Å². The molecule has 1 N–H and O–H groups in total. The number of thiazole rings is 1. The van der Waals surface area contributed by atoms with Crippen molar-refractivity contribution in [2.45, 2.75) is 25.3 Å². The maximum absolute atomic E-state index is 12.7. The number of hydrogen-bond donors (Lipinski definition) is 1. The van der Waals surface area contributed by atoms with E-state index in [1.807, 2.05) is 35.7 Å². The lowest BCUT2D eigenvalue weighted by Crippen LogP contribution is -2.47. The van der Waals surface area contributed by atoms with Crippen molar-refractivity contribution < 1.29 is 19.1 Å². The molecule has 2 aromatic carbocycles. The van der Waals surface area contributed by atoms with Crippen LogP contribution in [0.5, 0.6) is 11.5 Å². The molecule has 8 heteroatoms. The van der Waals surface area contributed by atoms with Gasteiger partial charge in [-0.25, -0.2) is 4.98 Å². The van der Waals surface area contributed by atoms with Crippen molar-refractivity contribution in [3.05, 3.63) is 65.7 Å². The number of benzene rings is 2. The number of hydrogen-bond acceptors (Lipinski definition) is 6. The van der Waals surface area contributed by atoms with Crippen LogP contribution in [0.1, 0.15) is 18.5 Å². The maximum Gasteiger partial charge on any atom is 0.261 e. The first-order chi connectivity index (χ1) is 16.1. The van der Waals surface area contributed by atoms with E-state index in [-0.39, 0.29) is 18.4 Å². The van der Waals surface area contributed by atoms with Gasteiger partial charge in [0, 0.05) is 30.5 Å². The number of nitrogens with zero attached hydrogens (tertiary/aromatic N) is 2. The van der Waals surface area contributed by atoms with E-state index in [1.165, 1.54) is 0 Å². The van der Waals surface area contributed by atoms with Crippen LogP contribution in [0.25, 0.3) is 10.6 Å². The third-order valence-corrected chi connectivity index (χ3v) is 6.49. The number of likely N-dealkylation sites (tertiary alicyclic amines) is 1. The molecular formula is C25H27N3O4S. The summed E-state index contributed by atoms with van der Waals surface area (Å²) in [6, 6.07) is 16.6. The van der Waals surface area contributed by atoms with Gasteiger partial charge >= 0.3 is 0 Å². The number of carbonyl (C=O) groups excluding carboxylic acids is 2. The van der Waals surface area contributed by atoms with Crippen LogP contribution in [0.2, 0.25) is 0 Å². The fraction of sp³-hybridized carbons (Fsp3) is 0.320. The van der Waals surface area contributed by atoms with Gasteiger partial charge in [0.1, 0.15) is 22.5 Å². The van der Waals surface area contributed by atoms with Crippen LogP contribution in [-0.4, -0.2) is 54.5 Å². The van der Waals surface area contributed by atoms with Gasteiger partial charge in [0.2, 0.25) is 5.91 Å². The van der Waals surface area contributed by atoms with E-state index < -0.39 is 6.04 Å². The summed E-state index contributed by atoms with van der Waals surface area (Å²) in [7, 11) is 1.59. The van der Waals surface area contributed by atoms with E-state index in [0.717, 1.165) is 28.4 Å². The first kappa shape index (κ1) is 22.8. The molecule has 1 aromatic heterocycles. The van der Waals surface area contributed by atoms with Crippen molar-refractivity contribution in [3.63, 3.8) is 0 Å². The molecule has 1 aliphatic rings. The molecule has 4 rings (SSSR count). The minimum absolute atomic E-state index is 0.100. The van der Waals surface area contributed by atoms with Crippen molar-refractivity contribution in [1.82, 2.24) is 15.2 Å². The van der Waals surface area contributed by atoms with E-state index >= 15 is 0 Å². The Hall–Kier alpha value is -3.39. The lowest BCUT2D eigenvalue weighted by molar-refractivity contribution is -0.139. The van der Waals surface area contributed by atoms with Crippen LogP contribution in [0.4, 0.5) is 0 Å². The predicted molar refractivity (Wildman–Crippen MR) is 127 cm³/mol. The first-order valence-corrected chi connectivity index (χ1v) is 11.9. The highest BCUT2D eigenvalue weighted by Crippen LogP contribution is 2.23. The van der Waals surface area contributed by atoms with E-state index in [0.29, 0.717) is 31.7 Å². The normalized spacial score (nSPS) is 15.3. The Kier molecular flexibility index (Phi) is 7.57. The Balaban J connectivity index is 1.24. The van der Waals surface area contributed by atoms with Crippen LogP contribution in [0, 0.1) is 0 Å². The molecule has 1 saturated heterocycles. The zero-order valence-corrected chi connectivity index (χ0v) is 19.3. The topological polar surface area (TPSA) is 80.8 Å². The molecule has 1 atom stereocenters. The number of methoxy groups -OCH3 is 1. The second-order valence-electron chi connectivity index (χ2n) is 7.76. The van der Waals surface area contributed by atoms with Crippen LogP contribution >= 0.6 is 11.3 Å². The predicted octanol–water partition coefficient (Wildman–Crippen LogP) is 3.55. The molecule has 3 aromatic rings. The van der Waals surface area contributed by atoms with Crippen molar-refractivity contribution in [2.75, 3.05) is 26.8 Å². The molecule has 2 amide bonds. The van der Waals surface area contributed by atoms with E-state index in [2.05, 4.69) is 10.3 Å². The number of aromatic nitrogens is 1. The van der Waals surface area contributed by atoms with Gasteiger partial charge < -0.3 is 19.7 Å². The van der Waals surface area contributed by atoms with Gasteiger partial charge in [-0.2, -0.15) is 0 Å². The van der Waals surface area contributed by atoms with Crippen molar-refractivity contribution >= 4 is 23.2 Å². The Bertz CT molecular complexity index is 1070. The minimum Gasteiger partial charge on any atom is -0.497 e. The van der Waals surface area contributed by atoms with Gasteiger partial charge in [-0.1, -0.05) is 30.3 Å². The Morgan fingerprint density at radius 1 is 1.12 bits per heavy atom. The monoisotopic (exact) mass is 465 g/mol. The molecular weight excluding hydrogens is 438 g/mol. The molecule has 7 nitrogen and oxygen atoms in total. The van der Waals surface area contributed by atoms with Crippen molar-refractivity contribution in [3.8, 4) is 22.1 Å². The van der Waals surface area contributed by atoms with Crippen LogP contribution in [0.15, 0.2) is 60.0 Å². The third kappa shape index (κ3) is 5.90. The lowest BCUT2D eigenvalue weighted by atomic mass is 10.2. The molecule has 0 aliphatic carbocycles. The second kappa shape index (κ2) is 11.0. The summed E-state index contributed by atoms with van der Waals surface area (Å²) < 4.78 is 10.7. The highest BCUT2D eigenvalue weighted by atomic mass is 32.1. The third-order valence-electron chi connectivity index (χ3n) is 5.55. The molecule has 1 unspecified atom stereocenters. The number of rotatable bonds is 9. The number of carbonyl (C=O) groups is 2. The maximum atomic E-state index is 12.7. The van der Waals surface area contributed by atoms with E-state index in [4.69, 9.17) is 9.47 Å². The largest absolute Gasteiger partial charge is 0.497 e. The highest BCUT2D eigenvalue weighted by Gasteiger charge is 2.34. The van der Waals surface area contributed by atoms with Gasteiger partial charge in [0.25, 0.3) is 5.91 Å². The summed E-state index contributed by atoms with van der Waals surface area (Å²) in [6.07, 6.45) is 2.12. The van der Waals surface area contributed by atoms with Crippen LogP contribution < -0.4 is 14.8 Å². The Labute approximate surface area is 197 Å². The van der Waals surface area contributed by atoms with Gasteiger partial charge in [0.15, 0.2) is 6.61 Å². The summed E-state index contributed by atoms with van der Waals surface area (Å²) in [5, 5.41) is 5.97. The summed E-state index contributed by atoms with van der Waals surface area (Å²) in [4.78, 5) is 31.7. The molecule has 1 aliphatic heterocycles. The Morgan fingerprint density at radius 2 is 1.88 bits per heavy atom. The van der Waals surface area contributed by atoms with Gasteiger partial charge in [0.05, 0.1) is 12.8 Å². The molecule has 1 fully saturated rings. The average Bonchev–Trinajstić information content (AvgIpc) is 3.54. The second-order valence-corrected chi connectivity index (χ2v) is 8.62. The minimum atomic E-state index is -0.452. The Morgan fingerprint density at radius 3 is 2.64 bits per heavy atom. The van der Waals surface area contributed by atoms with E-state index in [1.54, 1.807) is 47.6 Å². The highest BCUT2D eigenvalue weighted by molar-refractivity contribution is 7.13. The average molecular weight is 466 g/mol. The summed E-state index contributed by atoms with van der Waals surface area (Å²) in [6.45, 7) is 0.949. The number of amides is 2. The zero-order valence-electron chi connectivity index (χ0n) is 18.5. The van der Waals surface area contributed by atoms with E-state index in [9.17, 15) is 9.59 Å². The lowest BCUT2D eigenvalue weighted by Gasteiger charge is -2.24. The molecule has 0 spiro atoms. The number of ether oxygens (including phenoxy) is 2. The zero-order chi connectivity index (χ0) is 23.0. The standard InChI is InChI=1S/C25H27N3O4S/c1-31-20-9-11-21(12-10-20)32-16-23(29)28-15-5-8-22(28)24(30)26-14-13-19-17-33-25(27-19)18-6-3-2-4-7-18/h2-4,6-7,9-12,17,22H,5,8,13-16H2,1H3,(H,26,30). The van der Waals surface area contributed by atoms with Gasteiger partial charge in [-0.15, -0.1) is 11.3 Å². The molecule has 172 valence electrons.